The summed E-state index contributed by atoms with van der Waals surface area (Å²) in [5, 5.41) is 35.6. The van der Waals surface area contributed by atoms with Gasteiger partial charge in [0.25, 0.3) is 0 Å². The predicted octanol–water partition coefficient (Wildman–Crippen LogP) is 0.0676. The second kappa shape index (κ2) is 4.73. The third-order valence-electron chi connectivity index (χ3n) is 2.21. The van der Waals surface area contributed by atoms with Crippen LogP contribution in [-0.2, 0) is 13.2 Å². The van der Waals surface area contributed by atoms with Gasteiger partial charge in [-0.15, -0.1) is 0 Å². The lowest BCUT2D eigenvalue weighted by atomic mass is 9.96. The summed E-state index contributed by atoms with van der Waals surface area (Å²) in [6, 6.07) is 2.19. The van der Waals surface area contributed by atoms with Gasteiger partial charge < -0.3 is 20.4 Å². The Labute approximate surface area is 90.4 Å². The number of benzene rings is 1. The Balaban J connectivity index is 3.52. The molecule has 86 valence electrons. The summed E-state index contributed by atoms with van der Waals surface area (Å²) in [4.78, 5) is 21.6. The largest absolute Gasteiger partial charge is 0.478 e. The second-order valence-corrected chi connectivity index (χ2v) is 3.04. The van der Waals surface area contributed by atoms with Crippen LogP contribution in [0.2, 0.25) is 0 Å². The molecule has 0 saturated carbocycles. The molecule has 0 unspecified atom stereocenters. The molecule has 0 aliphatic carbocycles. The van der Waals surface area contributed by atoms with Crippen molar-refractivity contribution in [2.24, 2.45) is 0 Å². The van der Waals surface area contributed by atoms with Crippen molar-refractivity contribution in [1.82, 2.24) is 0 Å². The highest BCUT2D eigenvalue weighted by Gasteiger charge is 2.19. The van der Waals surface area contributed by atoms with Gasteiger partial charge in [-0.05, 0) is 23.3 Å². The van der Waals surface area contributed by atoms with Gasteiger partial charge in [0.2, 0.25) is 0 Å². The first-order valence-corrected chi connectivity index (χ1v) is 4.36. The molecule has 0 aliphatic rings. The number of carboxylic acids is 2. The molecular formula is C10H10O6. The first kappa shape index (κ1) is 12.2. The molecule has 16 heavy (non-hydrogen) atoms. The van der Waals surface area contributed by atoms with Crippen molar-refractivity contribution in [3.63, 3.8) is 0 Å². The quantitative estimate of drug-likeness (QED) is 0.577. The number of aromatic carboxylic acids is 2. The van der Waals surface area contributed by atoms with Gasteiger partial charge in [0.15, 0.2) is 0 Å². The molecule has 0 saturated heterocycles. The molecule has 0 spiro atoms. The number of rotatable bonds is 4. The summed E-state index contributed by atoms with van der Waals surface area (Å²) in [6.45, 7) is -1.28. The van der Waals surface area contributed by atoms with Gasteiger partial charge in [0.05, 0.1) is 24.3 Å². The Morgan fingerprint density at radius 2 is 1.19 bits per heavy atom. The van der Waals surface area contributed by atoms with Gasteiger partial charge in [0, 0.05) is 0 Å². The van der Waals surface area contributed by atoms with E-state index in [0.29, 0.717) is 0 Å². The van der Waals surface area contributed by atoms with E-state index < -0.39 is 25.2 Å². The van der Waals surface area contributed by atoms with Crippen LogP contribution in [0.25, 0.3) is 0 Å². The molecule has 4 N–H and O–H groups in total. The van der Waals surface area contributed by atoms with E-state index in [0.717, 1.165) is 12.1 Å². The number of carbonyl (C=O) groups is 2. The lowest BCUT2D eigenvalue weighted by Gasteiger charge is -2.11. The van der Waals surface area contributed by atoms with Crippen LogP contribution in [0.4, 0.5) is 0 Å². The van der Waals surface area contributed by atoms with Crippen LogP contribution >= 0.6 is 0 Å². The zero-order valence-corrected chi connectivity index (χ0v) is 8.17. The average molecular weight is 226 g/mol. The standard InChI is InChI=1S/C10H10O6/c11-3-7-5(9(13)14)1-2-6(10(15)16)8(7)4-12/h1-2,11-12H,3-4H2,(H,13,14)(H,15,16). The molecule has 0 aliphatic heterocycles. The van der Waals surface area contributed by atoms with Crippen molar-refractivity contribution in [2.45, 2.75) is 13.2 Å². The molecule has 6 nitrogen and oxygen atoms in total. The molecule has 0 amide bonds. The second-order valence-electron chi connectivity index (χ2n) is 3.04. The third-order valence-corrected chi connectivity index (χ3v) is 2.21. The van der Waals surface area contributed by atoms with Crippen molar-refractivity contribution < 1.29 is 30.0 Å². The molecular weight excluding hydrogens is 216 g/mol. The van der Waals surface area contributed by atoms with E-state index in [2.05, 4.69) is 0 Å². The number of hydrogen-bond donors (Lipinski definition) is 4. The molecule has 0 aromatic heterocycles. The van der Waals surface area contributed by atoms with Crippen LogP contribution < -0.4 is 0 Å². The fraction of sp³-hybridized carbons (Fsp3) is 0.200. The monoisotopic (exact) mass is 226 g/mol. The highest BCUT2D eigenvalue weighted by atomic mass is 16.4. The summed E-state index contributed by atoms with van der Waals surface area (Å²) < 4.78 is 0. The van der Waals surface area contributed by atoms with Crippen LogP contribution in [0.15, 0.2) is 12.1 Å². The summed E-state index contributed by atoms with van der Waals surface area (Å²) in [6.07, 6.45) is 0. The first-order valence-electron chi connectivity index (χ1n) is 4.36. The highest BCUT2D eigenvalue weighted by Crippen LogP contribution is 2.20. The van der Waals surface area contributed by atoms with Crippen LogP contribution in [0, 0.1) is 0 Å². The fourth-order valence-electron chi connectivity index (χ4n) is 1.45. The lowest BCUT2D eigenvalue weighted by molar-refractivity contribution is 0.0675. The van der Waals surface area contributed by atoms with Gasteiger partial charge in [0.1, 0.15) is 0 Å². The van der Waals surface area contributed by atoms with Crippen LogP contribution in [0.3, 0.4) is 0 Å². The van der Waals surface area contributed by atoms with Gasteiger partial charge in [-0.25, -0.2) is 9.59 Å². The maximum absolute atomic E-state index is 10.8. The average Bonchev–Trinajstić information content (AvgIpc) is 2.26. The fourth-order valence-corrected chi connectivity index (χ4v) is 1.45. The van der Waals surface area contributed by atoms with Crippen molar-refractivity contribution in [2.75, 3.05) is 0 Å². The Morgan fingerprint density at radius 1 is 0.875 bits per heavy atom. The van der Waals surface area contributed by atoms with E-state index in [1.807, 2.05) is 0 Å². The van der Waals surface area contributed by atoms with Gasteiger partial charge >= 0.3 is 11.9 Å². The van der Waals surface area contributed by atoms with Crippen LogP contribution in [0.5, 0.6) is 0 Å². The number of aliphatic hydroxyl groups is 2. The van der Waals surface area contributed by atoms with Crippen molar-refractivity contribution in [3.05, 3.63) is 34.4 Å². The lowest BCUT2D eigenvalue weighted by Crippen LogP contribution is -2.12. The topological polar surface area (TPSA) is 115 Å². The molecule has 0 atom stereocenters. The Bertz CT molecular complexity index is 396. The molecule has 1 rings (SSSR count). The van der Waals surface area contributed by atoms with Gasteiger partial charge in [-0.2, -0.15) is 0 Å². The maximum atomic E-state index is 10.8. The van der Waals surface area contributed by atoms with E-state index in [1.54, 1.807) is 0 Å². The molecule has 6 heteroatoms. The summed E-state index contributed by atoms with van der Waals surface area (Å²) in [5.41, 5.74) is -0.571. The smallest absolute Gasteiger partial charge is 0.336 e. The zero-order valence-electron chi connectivity index (χ0n) is 8.17. The Hall–Kier alpha value is -1.92. The predicted molar refractivity (Wildman–Crippen MR) is 52.2 cm³/mol. The number of aliphatic hydroxyl groups excluding tert-OH is 2. The van der Waals surface area contributed by atoms with Gasteiger partial charge in [-0.1, -0.05) is 0 Å². The first-order chi connectivity index (χ1) is 7.52. The van der Waals surface area contributed by atoms with E-state index >= 15 is 0 Å². The molecule has 0 bridgehead atoms. The minimum absolute atomic E-state index is 0.0742. The minimum atomic E-state index is -1.28. The van der Waals surface area contributed by atoms with Crippen molar-refractivity contribution in [1.29, 1.82) is 0 Å². The normalized spacial score (nSPS) is 10.1. The minimum Gasteiger partial charge on any atom is -0.478 e. The molecule has 0 radical (unpaired) electrons. The Morgan fingerprint density at radius 3 is 1.38 bits per heavy atom. The highest BCUT2D eigenvalue weighted by molar-refractivity contribution is 5.94. The van der Waals surface area contributed by atoms with E-state index in [1.165, 1.54) is 0 Å². The van der Waals surface area contributed by atoms with E-state index in [-0.39, 0.29) is 22.3 Å². The molecule has 0 fully saturated rings. The van der Waals surface area contributed by atoms with Crippen molar-refractivity contribution >= 4 is 11.9 Å². The third kappa shape index (κ3) is 2.02. The van der Waals surface area contributed by atoms with Crippen LogP contribution in [-0.4, -0.2) is 32.4 Å². The summed E-state index contributed by atoms with van der Waals surface area (Å²) in [5.74, 6) is -2.56. The number of hydrogen-bond acceptors (Lipinski definition) is 4. The SMILES string of the molecule is O=C(O)c1ccc(C(=O)O)c(CO)c1CO. The number of carboxylic acid groups (broad SMARTS) is 2. The zero-order chi connectivity index (χ0) is 12.3. The molecule has 1 aromatic rings. The summed E-state index contributed by atoms with van der Waals surface area (Å²) >= 11 is 0. The molecule has 0 heterocycles. The summed E-state index contributed by atoms with van der Waals surface area (Å²) in [7, 11) is 0. The van der Waals surface area contributed by atoms with E-state index in [9.17, 15) is 9.59 Å². The maximum Gasteiger partial charge on any atom is 0.336 e. The Kier molecular flexibility index (Phi) is 3.60. The van der Waals surface area contributed by atoms with Crippen LogP contribution in [0.1, 0.15) is 31.8 Å². The van der Waals surface area contributed by atoms with E-state index in [4.69, 9.17) is 20.4 Å². The van der Waals surface area contributed by atoms with Gasteiger partial charge in [-0.3, -0.25) is 0 Å². The molecule has 1 aromatic carbocycles. The van der Waals surface area contributed by atoms with Crippen molar-refractivity contribution in [3.8, 4) is 0 Å².